The molecular weight excluding hydrogens is 252 g/mol. The summed E-state index contributed by atoms with van der Waals surface area (Å²) in [4.78, 5) is 2.33. The van der Waals surface area contributed by atoms with Gasteiger partial charge >= 0.3 is 0 Å². The highest BCUT2D eigenvalue weighted by atomic mass is 16.5. The number of nitrogens with zero attached hydrogens (tertiary/aromatic N) is 1. The molecule has 0 saturated carbocycles. The van der Waals surface area contributed by atoms with Gasteiger partial charge in [-0.2, -0.15) is 0 Å². The first-order valence-electron chi connectivity index (χ1n) is 7.45. The molecule has 0 spiro atoms. The third-order valence-corrected chi connectivity index (χ3v) is 3.93. The second-order valence-corrected chi connectivity index (χ2v) is 5.53. The summed E-state index contributed by atoms with van der Waals surface area (Å²) in [7, 11) is 0. The molecule has 112 valence electrons. The smallest absolute Gasteiger partial charge is 0.0981 e. The number of nitrogens with one attached hydrogen (secondary N) is 1. The lowest BCUT2D eigenvalue weighted by atomic mass is 10.1. The molecule has 4 nitrogen and oxygen atoms in total. The topological polar surface area (TPSA) is 44.7 Å². The molecule has 1 aliphatic rings. The minimum Gasteiger partial charge on any atom is -0.394 e. The van der Waals surface area contributed by atoms with Crippen LogP contribution in [0.1, 0.15) is 25.0 Å². The first kappa shape index (κ1) is 15.3. The zero-order valence-corrected chi connectivity index (χ0v) is 12.7. The van der Waals surface area contributed by atoms with Crippen LogP contribution in [0.4, 0.5) is 5.69 Å². The van der Waals surface area contributed by atoms with E-state index in [9.17, 15) is 5.11 Å². The van der Waals surface area contributed by atoms with Crippen molar-refractivity contribution in [1.82, 2.24) is 5.32 Å². The molecule has 0 aliphatic carbocycles. The summed E-state index contributed by atoms with van der Waals surface area (Å²) >= 11 is 0. The zero-order chi connectivity index (χ0) is 14.5. The standard InChI is InChI=1S/C16H26N2O2/c1-4-17-8-14-5-6-15(7-12(14)2)18-9-16(10-19)20-11-13(18)3/h5-7,13,16-17,19H,4,8-11H2,1-3H3. The zero-order valence-electron chi connectivity index (χ0n) is 12.7. The van der Waals surface area contributed by atoms with Gasteiger partial charge in [0.2, 0.25) is 0 Å². The maximum Gasteiger partial charge on any atom is 0.0981 e. The molecule has 2 N–H and O–H groups in total. The summed E-state index contributed by atoms with van der Waals surface area (Å²) in [6, 6.07) is 6.96. The molecule has 2 unspecified atom stereocenters. The van der Waals surface area contributed by atoms with Crippen molar-refractivity contribution in [3.8, 4) is 0 Å². The third-order valence-electron chi connectivity index (χ3n) is 3.93. The number of aliphatic hydroxyl groups is 1. The fourth-order valence-corrected chi connectivity index (χ4v) is 2.60. The fraction of sp³-hybridized carbons (Fsp3) is 0.625. The van der Waals surface area contributed by atoms with Crippen molar-refractivity contribution < 1.29 is 9.84 Å². The number of ether oxygens (including phenoxy) is 1. The first-order valence-corrected chi connectivity index (χ1v) is 7.45. The van der Waals surface area contributed by atoms with Crippen molar-refractivity contribution in [2.45, 2.75) is 39.5 Å². The number of benzene rings is 1. The van der Waals surface area contributed by atoms with Gasteiger partial charge in [0, 0.05) is 24.8 Å². The maximum atomic E-state index is 9.28. The van der Waals surface area contributed by atoms with Gasteiger partial charge in [-0.15, -0.1) is 0 Å². The highest BCUT2D eigenvalue weighted by molar-refractivity contribution is 5.52. The van der Waals surface area contributed by atoms with Crippen LogP contribution >= 0.6 is 0 Å². The van der Waals surface area contributed by atoms with Gasteiger partial charge in [-0.1, -0.05) is 13.0 Å². The molecule has 0 bridgehead atoms. The van der Waals surface area contributed by atoms with Crippen molar-refractivity contribution in [2.75, 3.05) is 31.2 Å². The number of hydrogen-bond acceptors (Lipinski definition) is 4. The van der Waals surface area contributed by atoms with Gasteiger partial charge in [0.05, 0.1) is 19.3 Å². The summed E-state index contributed by atoms with van der Waals surface area (Å²) in [6.07, 6.45) is -0.0760. The molecular formula is C16H26N2O2. The average molecular weight is 278 g/mol. The number of anilines is 1. The van der Waals surface area contributed by atoms with Gasteiger partial charge in [0.1, 0.15) is 0 Å². The summed E-state index contributed by atoms with van der Waals surface area (Å²) in [6.45, 7) is 9.85. The molecule has 1 heterocycles. The second-order valence-electron chi connectivity index (χ2n) is 5.53. The number of hydrogen-bond donors (Lipinski definition) is 2. The van der Waals surface area contributed by atoms with Gasteiger partial charge < -0.3 is 20.1 Å². The third kappa shape index (κ3) is 3.51. The summed E-state index contributed by atoms with van der Waals surface area (Å²) in [5.74, 6) is 0. The fourth-order valence-electron chi connectivity index (χ4n) is 2.60. The molecule has 1 saturated heterocycles. The van der Waals surface area contributed by atoms with E-state index in [2.05, 4.69) is 49.2 Å². The molecule has 20 heavy (non-hydrogen) atoms. The Labute approximate surface area is 121 Å². The SMILES string of the molecule is CCNCc1ccc(N2CC(CO)OCC2C)cc1C. The Morgan fingerprint density at radius 2 is 2.25 bits per heavy atom. The van der Waals surface area contributed by atoms with Gasteiger partial charge in [-0.3, -0.25) is 0 Å². The van der Waals surface area contributed by atoms with Crippen LogP contribution in [0.5, 0.6) is 0 Å². The predicted molar refractivity (Wildman–Crippen MR) is 82.2 cm³/mol. The quantitative estimate of drug-likeness (QED) is 0.860. The molecule has 1 aliphatic heterocycles. The average Bonchev–Trinajstić information content (AvgIpc) is 2.46. The minimum atomic E-state index is -0.0760. The van der Waals surface area contributed by atoms with E-state index in [1.54, 1.807) is 0 Å². The molecule has 1 aromatic carbocycles. The molecule has 4 heteroatoms. The first-order chi connectivity index (χ1) is 9.65. The lowest BCUT2D eigenvalue weighted by Gasteiger charge is -2.39. The Bertz CT molecular complexity index is 436. The molecule has 2 atom stereocenters. The van der Waals surface area contributed by atoms with Crippen molar-refractivity contribution in [3.05, 3.63) is 29.3 Å². The van der Waals surface area contributed by atoms with Crippen LogP contribution in [-0.2, 0) is 11.3 Å². The Kier molecular flexibility index (Phi) is 5.40. The number of morpholine rings is 1. The van der Waals surface area contributed by atoms with E-state index in [4.69, 9.17) is 4.74 Å². The van der Waals surface area contributed by atoms with Gasteiger partial charge in [-0.05, 0) is 43.7 Å². The Morgan fingerprint density at radius 1 is 1.45 bits per heavy atom. The van der Waals surface area contributed by atoms with E-state index in [0.29, 0.717) is 12.6 Å². The molecule has 0 amide bonds. The molecule has 2 rings (SSSR count). The van der Waals surface area contributed by atoms with Crippen molar-refractivity contribution in [2.24, 2.45) is 0 Å². The van der Waals surface area contributed by atoms with Gasteiger partial charge in [-0.25, -0.2) is 0 Å². The van der Waals surface area contributed by atoms with Crippen LogP contribution in [0.25, 0.3) is 0 Å². The predicted octanol–water partition coefficient (Wildman–Crippen LogP) is 1.69. The van der Waals surface area contributed by atoms with Crippen molar-refractivity contribution >= 4 is 5.69 Å². The maximum absolute atomic E-state index is 9.28. The lowest BCUT2D eigenvalue weighted by Crippen LogP contribution is -2.49. The Morgan fingerprint density at radius 3 is 2.90 bits per heavy atom. The number of rotatable bonds is 5. The van der Waals surface area contributed by atoms with E-state index in [1.165, 1.54) is 16.8 Å². The van der Waals surface area contributed by atoms with Gasteiger partial charge in [0.15, 0.2) is 0 Å². The minimum absolute atomic E-state index is 0.0760. The summed E-state index contributed by atoms with van der Waals surface area (Å²) in [5, 5.41) is 12.6. The Hall–Kier alpha value is -1.10. The van der Waals surface area contributed by atoms with E-state index >= 15 is 0 Å². The normalized spacial score (nSPS) is 23.1. The molecule has 0 radical (unpaired) electrons. The van der Waals surface area contributed by atoms with Crippen molar-refractivity contribution in [1.29, 1.82) is 0 Å². The highest BCUT2D eigenvalue weighted by Crippen LogP contribution is 2.24. The molecule has 1 fully saturated rings. The Balaban J connectivity index is 2.13. The lowest BCUT2D eigenvalue weighted by molar-refractivity contribution is -0.0103. The highest BCUT2D eigenvalue weighted by Gasteiger charge is 2.25. The monoisotopic (exact) mass is 278 g/mol. The number of aliphatic hydroxyl groups excluding tert-OH is 1. The molecule has 1 aromatic rings. The van der Waals surface area contributed by atoms with Gasteiger partial charge in [0.25, 0.3) is 0 Å². The van der Waals surface area contributed by atoms with Crippen LogP contribution in [0.3, 0.4) is 0 Å². The van der Waals surface area contributed by atoms with Crippen molar-refractivity contribution in [3.63, 3.8) is 0 Å². The van der Waals surface area contributed by atoms with Crippen LogP contribution in [-0.4, -0.2) is 43.6 Å². The summed E-state index contributed by atoms with van der Waals surface area (Å²) < 4.78 is 5.60. The van der Waals surface area contributed by atoms with E-state index < -0.39 is 0 Å². The van der Waals surface area contributed by atoms with Crippen LogP contribution < -0.4 is 10.2 Å². The largest absolute Gasteiger partial charge is 0.394 e. The van der Waals surface area contributed by atoms with E-state index in [1.807, 2.05) is 0 Å². The molecule has 0 aromatic heterocycles. The van der Waals surface area contributed by atoms with Crippen LogP contribution in [0, 0.1) is 6.92 Å². The number of aryl methyl sites for hydroxylation is 1. The summed E-state index contributed by atoms with van der Waals surface area (Å²) in [5.41, 5.74) is 3.87. The van der Waals surface area contributed by atoms with Crippen LogP contribution in [0.2, 0.25) is 0 Å². The van der Waals surface area contributed by atoms with Crippen LogP contribution in [0.15, 0.2) is 18.2 Å². The van der Waals surface area contributed by atoms with E-state index in [0.717, 1.165) is 19.6 Å². The van der Waals surface area contributed by atoms with E-state index in [-0.39, 0.29) is 12.7 Å². The second kappa shape index (κ2) is 7.07.